The van der Waals surface area contributed by atoms with Crippen LogP contribution in [0.3, 0.4) is 0 Å². The quantitative estimate of drug-likeness (QED) is 0.852. The van der Waals surface area contributed by atoms with Crippen LogP contribution in [0.5, 0.6) is 0 Å². The first-order chi connectivity index (χ1) is 11.0. The van der Waals surface area contributed by atoms with Gasteiger partial charge in [-0.25, -0.2) is 14.0 Å². The summed E-state index contributed by atoms with van der Waals surface area (Å²) in [5.74, 6) is -2.26. The summed E-state index contributed by atoms with van der Waals surface area (Å²) in [4.78, 5) is 23.4. The largest absolute Gasteiger partial charge is 0.479 e. The number of carbonyl (C=O) groups is 2. The molecular weight excluding hydrogens is 334 g/mol. The number of hydrogen-bond acceptors (Lipinski definition) is 3. The first-order valence-corrected chi connectivity index (χ1v) is 6.96. The average molecular weight is 349 g/mol. The Morgan fingerprint density at radius 2 is 1.83 bits per heavy atom. The van der Waals surface area contributed by atoms with Crippen LogP contribution in [0.1, 0.15) is 12.5 Å². The Hall–Kier alpha value is -2.32. The van der Waals surface area contributed by atoms with E-state index in [-0.39, 0.29) is 6.61 Å². The van der Waals surface area contributed by atoms with Gasteiger partial charge in [0.2, 0.25) is 5.67 Å². The predicted molar refractivity (Wildman–Crippen MR) is 73.8 cm³/mol. The first kappa shape index (κ1) is 18.0. The maximum atomic E-state index is 14.6. The maximum Gasteiger partial charge on any atom is 0.410 e. The fraction of sp³-hybridized carbons (Fsp3) is 0.467. The van der Waals surface area contributed by atoms with E-state index < -0.39 is 42.4 Å². The number of carbonyl (C=O) groups excluding carboxylic acids is 1. The normalized spacial score (nSPS) is 27.1. The molecule has 5 nitrogen and oxygen atoms in total. The summed E-state index contributed by atoms with van der Waals surface area (Å²) in [5.41, 5.74) is -6.28. The lowest BCUT2D eigenvalue weighted by Crippen LogP contribution is -2.56. The van der Waals surface area contributed by atoms with Crippen molar-refractivity contribution >= 4 is 12.1 Å². The molecule has 1 heterocycles. The summed E-state index contributed by atoms with van der Waals surface area (Å²) < 4.78 is 59.1. The Morgan fingerprint density at radius 1 is 1.25 bits per heavy atom. The number of likely N-dealkylation sites (tertiary alicyclic amines) is 1. The summed E-state index contributed by atoms with van der Waals surface area (Å²) in [7, 11) is 0. The molecule has 24 heavy (non-hydrogen) atoms. The Bertz CT molecular complexity index is 636. The molecule has 0 aliphatic carbocycles. The van der Waals surface area contributed by atoms with Crippen molar-refractivity contribution < 1.29 is 37.0 Å². The molecule has 1 N–H and O–H groups in total. The highest BCUT2D eigenvalue weighted by molar-refractivity contribution is 5.82. The smallest absolute Gasteiger partial charge is 0.410 e. The number of rotatable bonds is 3. The van der Waals surface area contributed by atoms with Gasteiger partial charge in [-0.3, -0.25) is 0 Å². The lowest BCUT2D eigenvalue weighted by molar-refractivity contribution is -0.248. The number of alkyl halides is 4. The van der Waals surface area contributed by atoms with Crippen LogP contribution in [0.2, 0.25) is 0 Å². The summed E-state index contributed by atoms with van der Waals surface area (Å²) in [6.07, 6.45) is -6.34. The van der Waals surface area contributed by atoms with Gasteiger partial charge in [0, 0.05) is 6.54 Å². The van der Waals surface area contributed by atoms with E-state index in [1.165, 1.54) is 0 Å². The third-order valence-corrected chi connectivity index (χ3v) is 4.22. The molecule has 0 saturated carbocycles. The van der Waals surface area contributed by atoms with Crippen LogP contribution in [-0.4, -0.2) is 47.0 Å². The zero-order valence-electron chi connectivity index (χ0n) is 12.6. The first-order valence-electron chi connectivity index (χ1n) is 6.96. The van der Waals surface area contributed by atoms with Gasteiger partial charge >= 0.3 is 18.2 Å². The van der Waals surface area contributed by atoms with Crippen molar-refractivity contribution in [2.75, 3.05) is 13.1 Å². The molecule has 1 amide bonds. The van der Waals surface area contributed by atoms with Crippen molar-refractivity contribution in [3.63, 3.8) is 0 Å². The predicted octanol–water partition coefficient (Wildman–Crippen LogP) is 3.00. The molecule has 1 saturated heterocycles. The molecule has 9 heteroatoms. The van der Waals surface area contributed by atoms with Crippen molar-refractivity contribution in [1.29, 1.82) is 0 Å². The maximum absolute atomic E-state index is 14.6. The molecular formula is C15H15F4NO4. The number of carboxylic acids is 1. The fourth-order valence-electron chi connectivity index (χ4n) is 2.56. The van der Waals surface area contributed by atoms with E-state index in [0.29, 0.717) is 17.4 Å². The number of halogens is 4. The summed E-state index contributed by atoms with van der Waals surface area (Å²) >= 11 is 0. The molecule has 2 unspecified atom stereocenters. The van der Waals surface area contributed by atoms with E-state index >= 15 is 0 Å². The van der Waals surface area contributed by atoms with Gasteiger partial charge in [0.15, 0.2) is 0 Å². The Kier molecular flexibility index (Phi) is 4.47. The molecule has 1 aliphatic heterocycles. The molecule has 0 radical (unpaired) electrons. The van der Waals surface area contributed by atoms with Crippen LogP contribution in [0, 0.1) is 5.41 Å². The minimum Gasteiger partial charge on any atom is -0.479 e. The number of ether oxygens (including phenoxy) is 1. The second kappa shape index (κ2) is 5.95. The van der Waals surface area contributed by atoms with Crippen molar-refractivity contribution in [3.8, 4) is 0 Å². The van der Waals surface area contributed by atoms with Gasteiger partial charge in [-0.1, -0.05) is 30.3 Å². The minimum atomic E-state index is -5.14. The van der Waals surface area contributed by atoms with Gasteiger partial charge in [0.25, 0.3) is 0 Å². The molecule has 1 fully saturated rings. The van der Waals surface area contributed by atoms with Crippen LogP contribution in [0.4, 0.5) is 22.4 Å². The summed E-state index contributed by atoms with van der Waals surface area (Å²) in [6, 6.07) is 8.35. The molecule has 0 spiro atoms. The molecule has 2 rings (SSSR count). The second-order valence-electron chi connectivity index (χ2n) is 5.83. The number of nitrogens with zero attached hydrogens (tertiary/aromatic N) is 1. The van der Waals surface area contributed by atoms with E-state index in [4.69, 9.17) is 9.84 Å². The standard InChI is InChI=1S/C15H15F4NO4/c1-13(15(17,18)19)8-20(9-14(13,16)11(21)22)12(23)24-7-10-5-3-2-4-6-10/h2-6H,7-9H2,1H3,(H,21,22). The SMILES string of the molecule is CC1(C(F)(F)F)CN(C(=O)OCc2ccccc2)CC1(F)C(=O)O. The van der Waals surface area contributed by atoms with Gasteiger partial charge in [-0.05, 0) is 12.5 Å². The van der Waals surface area contributed by atoms with Crippen molar-refractivity contribution in [2.24, 2.45) is 5.41 Å². The van der Waals surface area contributed by atoms with E-state index in [0.717, 1.165) is 0 Å². The van der Waals surface area contributed by atoms with E-state index in [1.807, 2.05) is 0 Å². The van der Waals surface area contributed by atoms with E-state index in [1.54, 1.807) is 30.3 Å². The Balaban J connectivity index is 2.15. The van der Waals surface area contributed by atoms with Gasteiger partial charge in [-0.15, -0.1) is 0 Å². The second-order valence-corrected chi connectivity index (χ2v) is 5.83. The number of hydrogen-bond donors (Lipinski definition) is 1. The third kappa shape index (κ3) is 2.90. The highest BCUT2D eigenvalue weighted by atomic mass is 19.4. The Labute approximate surface area is 134 Å². The Morgan fingerprint density at radius 3 is 2.29 bits per heavy atom. The highest BCUT2D eigenvalue weighted by Gasteiger charge is 2.73. The highest BCUT2D eigenvalue weighted by Crippen LogP contribution is 2.53. The van der Waals surface area contributed by atoms with Crippen LogP contribution < -0.4 is 0 Å². The average Bonchev–Trinajstić information content (AvgIpc) is 2.80. The number of carboxylic acid groups (broad SMARTS) is 1. The van der Waals surface area contributed by atoms with Gasteiger partial charge in [0.1, 0.15) is 12.0 Å². The van der Waals surface area contributed by atoms with Crippen molar-refractivity contribution in [3.05, 3.63) is 35.9 Å². The van der Waals surface area contributed by atoms with Crippen LogP contribution in [0.25, 0.3) is 0 Å². The lowest BCUT2D eigenvalue weighted by Gasteiger charge is -2.34. The molecule has 1 aromatic rings. The van der Waals surface area contributed by atoms with Gasteiger partial charge in [-0.2, -0.15) is 13.2 Å². The molecule has 2 atom stereocenters. The lowest BCUT2D eigenvalue weighted by atomic mass is 9.76. The topological polar surface area (TPSA) is 66.8 Å². The molecule has 1 aliphatic rings. The molecule has 1 aromatic carbocycles. The van der Waals surface area contributed by atoms with Crippen molar-refractivity contribution in [2.45, 2.75) is 25.4 Å². The number of amides is 1. The van der Waals surface area contributed by atoms with Crippen molar-refractivity contribution in [1.82, 2.24) is 4.90 Å². The van der Waals surface area contributed by atoms with Crippen LogP contribution in [-0.2, 0) is 16.1 Å². The molecule has 0 bridgehead atoms. The zero-order valence-corrected chi connectivity index (χ0v) is 12.6. The van der Waals surface area contributed by atoms with E-state index in [2.05, 4.69) is 0 Å². The number of benzene rings is 1. The fourth-order valence-corrected chi connectivity index (χ4v) is 2.56. The minimum absolute atomic E-state index is 0.217. The molecule has 0 aromatic heterocycles. The van der Waals surface area contributed by atoms with Gasteiger partial charge in [0.05, 0.1) is 6.54 Å². The summed E-state index contributed by atoms with van der Waals surface area (Å²) in [6.45, 7) is -2.13. The van der Waals surface area contributed by atoms with Gasteiger partial charge < -0.3 is 14.7 Å². The van der Waals surface area contributed by atoms with Crippen LogP contribution >= 0.6 is 0 Å². The zero-order chi connectivity index (χ0) is 18.2. The number of aliphatic carboxylic acids is 1. The third-order valence-electron chi connectivity index (χ3n) is 4.22. The summed E-state index contributed by atoms with van der Waals surface area (Å²) in [5, 5.41) is 8.93. The van der Waals surface area contributed by atoms with Crippen LogP contribution in [0.15, 0.2) is 30.3 Å². The monoisotopic (exact) mass is 349 g/mol. The van der Waals surface area contributed by atoms with E-state index in [9.17, 15) is 27.2 Å². The molecule has 132 valence electrons.